The first-order valence-corrected chi connectivity index (χ1v) is 11.7. The molecule has 0 spiro atoms. The fourth-order valence-corrected chi connectivity index (χ4v) is 4.45. The van der Waals surface area contributed by atoms with Crippen LogP contribution in [0.5, 0.6) is 0 Å². The number of hydrogen-bond acceptors (Lipinski definition) is 6. The molecular weight excluding hydrogens is 440 g/mol. The van der Waals surface area contributed by atoms with Crippen LogP contribution in [0, 0.1) is 13.8 Å². The molecule has 0 fully saturated rings. The van der Waals surface area contributed by atoms with Crippen molar-refractivity contribution in [2.45, 2.75) is 46.4 Å². The number of aromatic amines is 1. The molecule has 0 atom stereocenters. The highest BCUT2D eigenvalue weighted by atomic mass is 16.3. The Hall–Kier alpha value is -4.04. The van der Waals surface area contributed by atoms with E-state index < -0.39 is 0 Å². The van der Waals surface area contributed by atoms with Crippen molar-refractivity contribution in [1.82, 2.24) is 30.1 Å². The Bertz CT molecular complexity index is 1470. The summed E-state index contributed by atoms with van der Waals surface area (Å²) in [5, 5.41) is 13.4. The number of rotatable bonds is 9. The second-order valence-corrected chi connectivity index (χ2v) is 8.95. The average Bonchev–Trinajstić information content (AvgIpc) is 3.51. The van der Waals surface area contributed by atoms with Gasteiger partial charge in [-0.2, -0.15) is 0 Å². The highest BCUT2D eigenvalue weighted by Crippen LogP contribution is 2.20. The molecule has 0 saturated heterocycles. The summed E-state index contributed by atoms with van der Waals surface area (Å²) in [5.74, 6) is 1.56. The molecule has 0 aliphatic rings. The maximum atomic E-state index is 13.0. The summed E-state index contributed by atoms with van der Waals surface area (Å²) in [7, 11) is 0. The minimum atomic E-state index is -0.0874. The number of H-pyrrole nitrogens is 1. The van der Waals surface area contributed by atoms with Gasteiger partial charge in [0.1, 0.15) is 5.76 Å². The molecule has 2 aromatic carbocycles. The van der Waals surface area contributed by atoms with E-state index in [9.17, 15) is 4.79 Å². The number of nitrogens with zero attached hydrogens (tertiary/aromatic N) is 5. The van der Waals surface area contributed by atoms with Crippen LogP contribution in [0.2, 0.25) is 0 Å². The second kappa shape index (κ2) is 10.1. The number of benzene rings is 2. The number of fused-ring (bicyclic) bond motifs is 1. The van der Waals surface area contributed by atoms with Gasteiger partial charge in [-0.1, -0.05) is 36.4 Å². The first-order valence-electron chi connectivity index (χ1n) is 11.7. The van der Waals surface area contributed by atoms with E-state index in [-0.39, 0.29) is 5.56 Å². The molecule has 3 aromatic heterocycles. The van der Waals surface area contributed by atoms with Gasteiger partial charge in [0.25, 0.3) is 5.56 Å². The van der Waals surface area contributed by atoms with Crippen LogP contribution >= 0.6 is 0 Å². The molecule has 0 saturated carbocycles. The highest BCUT2D eigenvalue weighted by Gasteiger charge is 2.17. The van der Waals surface area contributed by atoms with Gasteiger partial charge in [-0.3, -0.25) is 9.69 Å². The predicted molar refractivity (Wildman–Crippen MR) is 134 cm³/mol. The molecular formula is C27H28N6O2. The van der Waals surface area contributed by atoms with E-state index >= 15 is 0 Å². The van der Waals surface area contributed by atoms with E-state index in [1.54, 1.807) is 6.26 Å². The van der Waals surface area contributed by atoms with E-state index in [0.717, 1.165) is 40.0 Å². The van der Waals surface area contributed by atoms with Gasteiger partial charge >= 0.3 is 0 Å². The van der Waals surface area contributed by atoms with E-state index in [0.29, 0.717) is 31.7 Å². The number of hydrogen-bond donors (Lipinski definition) is 1. The number of aromatic nitrogens is 5. The summed E-state index contributed by atoms with van der Waals surface area (Å²) in [5.41, 5.74) is 4.96. The number of furan rings is 1. The molecule has 0 aliphatic heterocycles. The van der Waals surface area contributed by atoms with Crippen molar-refractivity contribution >= 4 is 10.9 Å². The lowest BCUT2D eigenvalue weighted by Gasteiger charge is -2.21. The fourth-order valence-electron chi connectivity index (χ4n) is 4.45. The molecule has 5 rings (SSSR count). The third-order valence-corrected chi connectivity index (χ3v) is 6.17. The lowest BCUT2D eigenvalue weighted by atomic mass is 10.0. The van der Waals surface area contributed by atoms with Crippen molar-refractivity contribution in [3.05, 3.63) is 111 Å². The highest BCUT2D eigenvalue weighted by molar-refractivity contribution is 5.83. The zero-order valence-electron chi connectivity index (χ0n) is 19.9. The second-order valence-electron chi connectivity index (χ2n) is 8.95. The van der Waals surface area contributed by atoms with Crippen molar-refractivity contribution in [2.75, 3.05) is 0 Å². The maximum Gasteiger partial charge on any atom is 0.252 e. The predicted octanol–water partition coefficient (Wildman–Crippen LogP) is 4.17. The minimum absolute atomic E-state index is 0.0874. The third-order valence-electron chi connectivity index (χ3n) is 6.17. The number of tetrazole rings is 1. The van der Waals surface area contributed by atoms with Crippen molar-refractivity contribution in [3.63, 3.8) is 0 Å². The minimum Gasteiger partial charge on any atom is -0.468 e. The van der Waals surface area contributed by atoms with Gasteiger partial charge in [0.2, 0.25) is 0 Å². The van der Waals surface area contributed by atoms with E-state index in [2.05, 4.69) is 50.5 Å². The Morgan fingerprint density at radius 2 is 1.86 bits per heavy atom. The average molecular weight is 469 g/mol. The standard InChI is InChI=1S/C27H28N6O2/c1-19-13-20(2)24-15-22(27(34)28-25(24)14-19)16-32(17-23-9-6-12-35-23)18-26-29-30-31-33(26)11-10-21-7-4-3-5-8-21/h3-9,12-15H,10-11,16-18H2,1-2H3,(H,28,34). The third kappa shape index (κ3) is 5.38. The molecule has 35 heavy (non-hydrogen) atoms. The summed E-state index contributed by atoms with van der Waals surface area (Å²) in [6.07, 6.45) is 2.49. The quantitative estimate of drug-likeness (QED) is 0.349. The van der Waals surface area contributed by atoms with Crippen LogP contribution in [-0.2, 0) is 32.6 Å². The molecule has 8 heteroatoms. The Labute approximate surface area is 203 Å². The van der Waals surface area contributed by atoms with Crippen molar-refractivity contribution < 1.29 is 4.42 Å². The van der Waals surface area contributed by atoms with E-state index in [4.69, 9.17) is 4.42 Å². The van der Waals surface area contributed by atoms with Crippen LogP contribution in [0.25, 0.3) is 10.9 Å². The van der Waals surface area contributed by atoms with Gasteiger partial charge in [-0.05, 0) is 71.7 Å². The Morgan fingerprint density at radius 1 is 1.00 bits per heavy atom. The van der Waals surface area contributed by atoms with Crippen molar-refractivity contribution in [1.29, 1.82) is 0 Å². The van der Waals surface area contributed by atoms with Gasteiger partial charge in [0, 0.05) is 29.6 Å². The Morgan fingerprint density at radius 3 is 2.66 bits per heavy atom. The molecule has 0 amide bonds. The summed E-state index contributed by atoms with van der Waals surface area (Å²) in [4.78, 5) is 18.2. The molecule has 0 unspecified atom stereocenters. The van der Waals surface area contributed by atoms with Gasteiger partial charge in [0.15, 0.2) is 5.82 Å². The summed E-state index contributed by atoms with van der Waals surface area (Å²) >= 11 is 0. The SMILES string of the molecule is Cc1cc(C)c2cc(CN(Cc3ccco3)Cc3nnnn3CCc3ccccc3)c(=O)[nH]c2c1. The zero-order valence-corrected chi connectivity index (χ0v) is 19.9. The maximum absolute atomic E-state index is 13.0. The Kier molecular flexibility index (Phi) is 6.54. The van der Waals surface area contributed by atoms with Crippen LogP contribution in [0.15, 0.2) is 76.1 Å². The van der Waals surface area contributed by atoms with Crippen molar-refractivity contribution in [3.8, 4) is 0 Å². The summed E-state index contributed by atoms with van der Waals surface area (Å²) < 4.78 is 7.44. The van der Waals surface area contributed by atoms with Crippen molar-refractivity contribution in [2.24, 2.45) is 0 Å². The molecule has 0 bridgehead atoms. The monoisotopic (exact) mass is 468 g/mol. The summed E-state index contributed by atoms with van der Waals surface area (Å²) in [6, 6.07) is 20.2. The molecule has 0 radical (unpaired) electrons. The largest absolute Gasteiger partial charge is 0.468 e. The van der Waals surface area contributed by atoms with Gasteiger partial charge in [0.05, 0.1) is 19.4 Å². The topological polar surface area (TPSA) is 92.8 Å². The fraction of sp³-hybridized carbons (Fsp3) is 0.259. The van der Waals surface area contributed by atoms with Crippen LogP contribution in [0.1, 0.15) is 33.8 Å². The van der Waals surface area contributed by atoms with Gasteiger partial charge in [-0.25, -0.2) is 4.68 Å². The molecule has 0 aliphatic carbocycles. The number of pyridine rings is 1. The summed E-state index contributed by atoms with van der Waals surface area (Å²) in [6.45, 7) is 6.22. The lowest BCUT2D eigenvalue weighted by Crippen LogP contribution is -2.28. The molecule has 5 aromatic rings. The van der Waals surface area contributed by atoms with Gasteiger partial charge < -0.3 is 9.40 Å². The first-order chi connectivity index (χ1) is 17.0. The van der Waals surface area contributed by atoms with Gasteiger partial charge in [-0.15, -0.1) is 5.10 Å². The number of nitrogens with one attached hydrogen (secondary N) is 1. The molecule has 8 nitrogen and oxygen atoms in total. The first kappa shape index (κ1) is 22.7. The molecule has 1 N–H and O–H groups in total. The van der Waals surface area contributed by atoms with Crippen LogP contribution in [0.4, 0.5) is 0 Å². The molecule has 3 heterocycles. The number of aryl methyl sites for hydroxylation is 4. The van der Waals surface area contributed by atoms with Crippen LogP contribution < -0.4 is 5.56 Å². The zero-order chi connectivity index (χ0) is 24.2. The smallest absolute Gasteiger partial charge is 0.252 e. The molecule has 178 valence electrons. The van der Waals surface area contributed by atoms with Crippen LogP contribution in [-0.4, -0.2) is 30.1 Å². The Balaban J connectivity index is 1.40. The van der Waals surface area contributed by atoms with E-state index in [1.165, 1.54) is 5.56 Å². The van der Waals surface area contributed by atoms with E-state index in [1.807, 2.05) is 54.1 Å². The normalized spacial score (nSPS) is 11.5. The van der Waals surface area contributed by atoms with Crippen LogP contribution in [0.3, 0.4) is 0 Å². The lowest BCUT2D eigenvalue weighted by molar-refractivity contribution is 0.216.